The van der Waals surface area contributed by atoms with E-state index in [4.69, 9.17) is 11.6 Å². The molecule has 0 saturated heterocycles. The first kappa shape index (κ1) is 12.3. The van der Waals surface area contributed by atoms with E-state index < -0.39 is 0 Å². The second-order valence-electron chi connectivity index (χ2n) is 3.25. The van der Waals surface area contributed by atoms with Crippen LogP contribution in [0, 0.1) is 6.92 Å². The maximum Gasteiger partial charge on any atom is 0.157 e. The molecule has 0 N–H and O–H groups in total. The minimum absolute atomic E-state index is 0. The molecule has 0 saturated carbocycles. The van der Waals surface area contributed by atoms with Crippen molar-refractivity contribution in [3.63, 3.8) is 0 Å². The molecule has 2 rings (SSSR count). The molecule has 3 nitrogen and oxygen atoms in total. The summed E-state index contributed by atoms with van der Waals surface area (Å²) in [5, 5.41) is 5.50. The van der Waals surface area contributed by atoms with Gasteiger partial charge in [0.1, 0.15) is 0 Å². The maximum absolute atomic E-state index is 5.75. The van der Waals surface area contributed by atoms with Gasteiger partial charge in [0, 0.05) is 24.0 Å². The molecule has 0 aliphatic carbocycles. The summed E-state index contributed by atoms with van der Waals surface area (Å²) in [5.41, 5.74) is 3.00. The Bertz CT molecular complexity index is 465. The molecule has 0 atom stereocenters. The summed E-state index contributed by atoms with van der Waals surface area (Å²) in [6.07, 6.45) is 1.81. The van der Waals surface area contributed by atoms with Gasteiger partial charge in [0.2, 0.25) is 0 Å². The second-order valence-corrected chi connectivity index (χ2v) is 3.52. The van der Waals surface area contributed by atoms with Crippen molar-refractivity contribution in [2.75, 3.05) is 0 Å². The van der Waals surface area contributed by atoms with Crippen molar-refractivity contribution in [3.8, 4) is 0 Å². The first-order valence-electron chi connectivity index (χ1n) is 4.64. The summed E-state index contributed by atoms with van der Waals surface area (Å²) < 4.78 is 1.91. The zero-order valence-corrected chi connectivity index (χ0v) is 10.3. The number of aromatic nitrogens is 3. The monoisotopic (exact) mass is 245 g/mol. The highest BCUT2D eigenvalue weighted by molar-refractivity contribution is 6.17. The van der Waals surface area contributed by atoms with E-state index in [1.807, 2.05) is 17.8 Å². The van der Waals surface area contributed by atoms with Gasteiger partial charge >= 0.3 is 0 Å². The lowest BCUT2D eigenvalue weighted by molar-refractivity contribution is 0.669. The highest BCUT2D eigenvalue weighted by Gasteiger charge is 2.07. The van der Waals surface area contributed by atoms with E-state index in [1.54, 1.807) is 0 Å². The van der Waals surface area contributed by atoms with Gasteiger partial charge in [-0.3, -0.25) is 0 Å². The van der Waals surface area contributed by atoms with Crippen molar-refractivity contribution in [1.82, 2.24) is 14.8 Å². The van der Waals surface area contributed by atoms with Crippen molar-refractivity contribution in [1.29, 1.82) is 0 Å². The van der Waals surface area contributed by atoms with E-state index in [1.165, 1.54) is 0 Å². The molecule has 0 aliphatic rings. The number of alkyl halides is 1. The Balaban J connectivity index is 0.00000112. The molecule has 0 spiro atoms. The number of hydrogen-bond acceptors (Lipinski definition) is 2. The molecular formula is C10H13Cl2N3. The molecule has 0 bridgehead atoms. The van der Waals surface area contributed by atoms with Gasteiger partial charge in [-0.15, -0.1) is 24.0 Å². The van der Waals surface area contributed by atoms with Gasteiger partial charge in [-0.1, -0.05) is 0 Å². The normalized spacial score (nSPS) is 10.3. The number of halogens is 2. The summed E-state index contributed by atoms with van der Waals surface area (Å²) in [6, 6.07) is 2.06. The fourth-order valence-corrected chi connectivity index (χ4v) is 1.69. The van der Waals surface area contributed by atoms with Crippen LogP contribution < -0.4 is 0 Å². The summed E-state index contributed by atoms with van der Waals surface area (Å²) in [5.74, 6) is 0.500. The van der Waals surface area contributed by atoms with Gasteiger partial charge in [-0.05, 0) is 25.5 Å². The van der Waals surface area contributed by atoms with Crippen LogP contribution in [-0.4, -0.2) is 14.8 Å². The molecule has 2 heterocycles. The van der Waals surface area contributed by atoms with Crippen LogP contribution in [0.3, 0.4) is 0 Å². The highest BCUT2D eigenvalue weighted by Crippen LogP contribution is 2.17. The molecule has 0 fully saturated rings. The minimum Gasteiger partial charge on any atom is -0.247 e. The lowest BCUT2D eigenvalue weighted by Gasteiger charge is -1.97. The molecule has 15 heavy (non-hydrogen) atoms. The van der Waals surface area contributed by atoms with Crippen molar-refractivity contribution < 1.29 is 0 Å². The van der Waals surface area contributed by atoms with Crippen LogP contribution in [0.1, 0.15) is 18.2 Å². The molecule has 0 aliphatic heterocycles. The van der Waals surface area contributed by atoms with Crippen LogP contribution in [-0.2, 0) is 12.4 Å². The van der Waals surface area contributed by atoms with E-state index in [0.717, 1.165) is 28.8 Å². The summed E-state index contributed by atoms with van der Waals surface area (Å²) in [6.45, 7) is 4.90. The second kappa shape index (κ2) is 4.81. The number of nitrogens with zero attached hydrogens (tertiary/aromatic N) is 3. The van der Waals surface area contributed by atoms with Gasteiger partial charge in [0.05, 0.1) is 5.69 Å². The molecule has 2 aromatic heterocycles. The zero-order valence-electron chi connectivity index (χ0n) is 8.70. The lowest BCUT2D eigenvalue weighted by atomic mass is 10.2. The Morgan fingerprint density at radius 3 is 2.80 bits per heavy atom. The average Bonchev–Trinajstić information content (AvgIpc) is 2.55. The van der Waals surface area contributed by atoms with Gasteiger partial charge in [-0.25, -0.2) is 9.67 Å². The average molecular weight is 246 g/mol. The predicted octanol–water partition coefficient (Wildman–Crippen LogP) is 2.92. The topological polar surface area (TPSA) is 30.7 Å². The van der Waals surface area contributed by atoms with Gasteiger partial charge < -0.3 is 0 Å². The van der Waals surface area contributed by atoms with Crippen LogP contribution in [0.15, 0.2) is 12.3 Å². The number of fused-ring (bicyclic) bond motifs is 1. The third-order valence-corrected chi connectivity index (χ3v) is 2.59. The Hall–Kier alpha value is -0.800. The first-order chi connectivity index (χ1) is 6.76. The van der Waals surface area contributed by atoms with Crippen LogP contribution in [0.5, 0.6) is 0 Å². The minimum atomic E-state index is 0. The Morgan fingerprint density at radius 2 is 2.20 bits per heavy atom. The smallest absolute Gasteiger partial charge is 0.157 e. The summed E-state index contributed by atoms with van der Waals surface area (Å²) in [7, 11) is 0. The van der Waals surface area contributed by atoms with Crippen molar-refractivity contribution in [2.24, 2.45) is 0 Å². The number of aryl methyl sites for hydroxylation is 2. The third kappa shape index (κ3) is 2.08. The van der Waals surface area contributed by atoms with Crippen molar-refractivity contribution >= 4 is 35.0 Å². The quantitative estimate of drug-likeness (QED) is 0.763. The molecule has 0 amide bonds. The van der Waals surface area contributed by atoms with Gasteiger partial charge in [-0.2, -0.15) is 5.10 Å². The molecular weight excluding hydrogens is 233 g/mol. The zero-order chi connectivity index (χ0) is 10.1. The van der Waals surface area contributed by atoms with Crippen LogP contribution in [0.2, 0.25) is 0 Å². The van der Waals surface area contributed by atoms with E-state index in [2.05, 4.69) is 23.1 Å². The van der Waals surface area contributed by atoms with E-state index in [-0.39, 0.29) is 12.4 Å². The van der Waals surface area contributed by atoms with Crippen molar-refractivity contribution in [2.45, 2.75) is 26.3 Å². The van der Waals surface area contributed by atoms with Crippen LogP contribution in [0.4, 0.5) is 0 Å². The number of hydrogen-bond donors (Lipinski definition) is 0. The Morgan fingerprint density at radius 1 is 1.47 bits per heavy atom. The fraction of sp³-hybridized carbons (Fsp3) is 0.400. The van der Waals surface area contributed by atoms with Gasteiger partial charge in [0.25, 0.3) is 0 Å². The van der Waals surface area contributed by atoms with Crippen LogP contribution in [0.25, 0.3) is 11.0 Å². The molecule has 0 radical (unpaired) electrons. The van der Waals surface area contributed by atoms with E-state index >= 15 is 0 Å². The number of pyridine rings is 1. The fourth-order valence-electron chi connectivity index (χ4n) is 1.55. The lowest BCUT2D eigenvalue weighted by Crippen LogP contribution is -1.97. The molecule has 0 aromatic carbocycles. The summed E-state index contributed by atoms with van der Waals surface area (Å²) in [4.78, 5) is 4.36. The number of rotatable bonds is 2. The molecule has 82 valence electrons. The predicted molar refractivity (Wildman–Crippen MR) is 64.7 cm³/mol. The van der Waals surface area contributed by atoms with Crippen LogP contribution >= 0.6 is 24.0 Å². The molecule has 5 heteroatoms. The standard InChI is InChI=1S/C10H12ClN3.ClH/c1-3-14-10-9(7(2)13-14)4-8(5-11)6-12-10;/h4,6H,3,5H2,1-2H3;1H. The summed E-state index contributed by atoms with van der Waals surface area (Å²) >= 11 is 5.75. The molecule has 0 unspecified atom stereocenters. The highest BCUT2D eigenvalue weighted by atomic mass is 35.5. The molecule has 2 aromatic rings. The van der Waals surface area contributed by atoms with E-state index in [9.17, 15) is 0 Å². The Kier molecular flexibility index (Phi) is 3.94. The van der Waals surface area contributed by atoms with E-state index in [0.29, 0.717) is 5.88 Å². The first-order valence-corrected chi connectivity index (χ1v) is 5.17. The van der Waals surface area contributed by atoms with Gasteiger partial charge in [0.15, 0.2) is 5.65 Å². The largest absolute Gasteiger partial charge is 0.247 e. The third-order valence-electron chi connectivity index (χ3n) is 2.28. The Labute approximate surface area is 99.9 Å². The SMILES string of the molecule is CCn1nc(C)c2cc(CCl)cnc21.Cl. The maximum atomic E-state index is 5.75. The van der Waals surface area contributed by atoms with Crippen molar-refractivity contribution in [3.05, 3.63) is 23.5 Å².